The molecule has 0 aliphatic carbocycles. The lowest BCUT2D eigenvalue weighted by molar-refractivity contribution is -0.117. The van der Waals surface area contributed by atoms with E-state index >= 15 is 0 Å². The van der Waals surface area contributed by atoms with Crippen molar-refractivity contribution >= 4 is 11.8 Å². The molecule has 5 N–H and O–H groups in total. The Hall–Kier alpha value is -2.38. The molecule has 8 heteroatoms. The van der Waals surface area contributed by atoms with Crippen LogP contribution >= 0.6 is 0 Å². The van der Waals surface area contributed by atoms with Crippen LogP contribution in [0.4, 0.5) is 0 Å². The molecule has 0 atom stereocenters. The van der Waals surface area contributed by atoms with E-state index in [2.05, 4.69) is 10.3 Å². The van der Waals surface area contributed by atoms with Gasteiger partial charge in [0, 0.05) is 6.07 Å². The lowest BCUT2D eigenvalue weighted by atomic mass is 10.4. The van der Waals surface area contributed by atoms with Gasteiger partial charge < -0.3 is 16.0 Å². The maximum Gasteiger partial charge on any atom is 0.326 e. The van der Waals surface area contributed by atoms with Crippen LogP contribution < -0.4 is 22.3 Å². The molecule has 1 heterocycles. The summed E-state index contributed by atoms with van der Waals surface area (Å²) in [7, 11) is 0. The van der Waals surface area contributed by atoms with Crippen LogP contribution in [0.1, 0.15) is 10.5 Å². The predicted octanol–water partition coefficient (Wildman–Crippen LogP) is -2.72. The third-order valence-electron chi connectivity index (χ3n) is 1.43. The Morgan fingerprint density at radius 2 is 2.00 bits per heavy atom. The number of H-pyrrole nitrogens is 2. The fourth-order valence-electron chi connectivity index (χ4n) is 0.854. The van der Waals surface area contributed by atoms with Crippen LogP contribution in [-0.2, 0) is 4.79 Å². The maximum atomic E-state index is 11.2. The zero-order chi connectivity index (χ0) is 11.4. The number of carbonyl (C=O) groups is 2. The van der Waals surface area contributed by atoms with E-state index in [1.165, 1.54) is 0 Å². The van der Waals surface area contributed by atoms with Gasteiger partial charge in [0.05, 0.1) is 6.54 Å². The molecule has 1 aromatic heterocycles. The SMILES string of the molecule is NC(=O)CNC(=O)c1cc(=O)[nH]c(=O)[nH]1. The molecule has 80 valence electrons. The van der Waals surface area contributed by atoms with Crippen LogP contribution in [0.25, 0.3) is 0 Å². The molecule has 0 fully saturated rings. The number of hydrogen-bond acceptors (Lipinski definition) is 4. The summed E-state index contributed by atoms with van der Waals surface area (Å²) in [6.07, 6.45) is 0. The first-order chi connectivity index (χ1) is 6.99. The second kappa shape index (κ2) is 4.22. The van der Waals surface area contributed by atoms with Crippen molar-refractivity contribution in [3.8, 4) is 0 Å². The summed E-state index contributed by atoms with van der Waals surface area (Å²) in [5, 5.41) is 2.12. The molecule has 2 amide bonds. The average molecular weight is 212 g/mol. The number of hydrogen-bond donors (Lipinski definition) is 4. The van der Waals surface area contributed by atoms with Gasteiger partial charge in [0.2, 0.25) is 5.91 Å². The summed E-state index contributed by atoms with van der Waals surface area (Å²) >= 11 is 0. The van der Waals surface area contributed by atoms with E-state index in [-0.39, 0.29) is 12.2 Å². The highest BCUT2D eigenvalue weighted by Crippen LogP contribution is 1.83. The second-order valence-corrected chi connectivity index (χ2v) is 2.65. The third kappa shape index (κ3) is 3.10. The summed E-state index contributed by atoms with van der Waals surface area (Å²) in [6.45, 7) is -0.367. The highest BCUT2D eigenvalue weighted by Gasteiger charge is 2.07. The monoisotopic (exact) mass is 212 g/mol. The smallest absolute Gasteiger partial charge is 0.326 e. The summed E-state index contributed by atoms with van der Waals surface area (Å²) in [4.78, 5) is 47.1. The normalized spacial score (nSPS) is 9.60. The van der Waals surface area contributed by atoms with E-state index in [1.807, 2.05) is 4.98 Å². The minimum Gasteiger partial charge on any atom is -0.368 e. The van der Waals surface area contributed by atoms with Gasteiger partial charge in [0.15, 0.2) is 0 Å². The minimum absolute atomic E-state index is 0.231. The highest BCUT2D eigenvalue weighted by molar-refractivity contribution is 5.94. The number of nitrogens with two attached hydrogens (primary N) is 1. The molecule has 0 aliphatic rings. The molecule has 0 radical (unpaired) electrons. The molecule has 1 rings (SSSR count). The van der Waals surface area contributed by atoms with Crippen LogP contribution in [0, 0.1) is 0 Å². The van der Waals surface area contributed by atoms with Gasteiger partial charge >= 0.3 is 5.69 Å². The molecule has 8 nitrogen and oxygen atoms in total. The first-order valence-electron chi connectivity index (χ1n) is 3.89. The Balaban J connectivity index is 2.87. The molecule has 0 aliphatic heterocycles. The van der Waals surface area contributed by atoms with E-state index in [0.717, 1.165) is 6.07 Å². The number of nitrogens with one attached hydrogen (secondary N) is 3. The van der Waals surface area contributed by atoms with Crippen LogP contribution in [-0.4, -0.2) is 28.3 Å². The number of amides is 2. The molecule has 1 aromatic rings. The van der Waals surface area contributed by atoms with E-state index in [0.29, 0.717) is 0 Å². The van der Waals surface area contributed by atoms with Gasteiger partial charge in [-0.15, -0.1) is 0 Å². The van der Waals surface area contributed by atoms with E-state index in [9.17, 15) is 19.2 Å². The molecule has 0 saturated heterocycles. The largest absolute Gasteiger partial charge is 0.368 e. The fraction of sp³-hybridized carbons (Fsp3) is 0.143. The van der Waals surface area contributed by atoms with Crippen LogP contribution in [0.2, 0.25) is 0 Å². The molecule has 0 unspecified atom stereocenters. The number of aromatic nitrogens is 2. The Kier molecular flexibility index (Phi) is 3.01. The molecule has 0 spiro atoms. The van der Waals surface area contributed by atoms with Crippen molar-refractivity contribution in [3.05, 3.63) is 32.6 Å². The van der Waals surface area contributed by atoms with Gasteiger partial charge in [0.25, 0.3) is 11.5 Å². The Morgan fingerprint density at radius 3 is 2.53 bits per heavy atom. The van der Waals surface area contributed by atoms with Gasteiger partial charge in [-0.3, -0.25) is 19.4 Å². The average Bonchev–Trinajstić information content (AvgIpc) is 2.12. The first-order valence-corrected chi connectivity index (χ1v) is 3.89. The van der Waals surface area contributed by atoms with E-state index in [1.54, 1.807) is 0 Å². The highest BCUT2D eigenvalue weighted by atomic mass is 16.2. The standard InChI is InChI=1S/C7H8N4O4/c8-4(12)2-9-6(14)3-1-5(13)11-7(15)10-3/h1H,2H2,(H2,8,12)(H,9,14)(H2,10,11,13,15). The van der Waals surface area contributed by atoms with E-state index < -0.39 is 23.1 Å². The molecule has 0 saturated carbocycles. The van der Waals surface area contributed by atoms with Crippen molar-refractivity contribution in [1.82, 2.24) is 15.3 Å². The topological polar surface area (TPSA) is 138 Å². The summed E-state index contributed by atoms with van der Waals surface area (Å²) in [5.41, 5.74) is 3.05. The van der Waals surface area contributed by atoms with Crippen molar-refractivity contribution in [1.29, 1.82) is 0 Å². The molecule has 15 heavy (non-hydrogen) atoms. The number of primary amides is 1. The zero-order valence-corrected chi connectivity index (χ0v) is 7.49. The molecular formula is C7H8N4O4. The van der Waals surface area contributed by atoms with Crippen LogP contribution in [0.3, 0.4) is 0 Å². The lowest BCUT2D eigenvalue weighted by Crippen LogP contribution is -2.36. The third-order valence-corrected chi connectivity index (χ3v) is 1.43. The Labute approximate surface area is 82.5 Å². The second-order valence-electron chi connectivity index (χ2n) is 2.65. The van der Waals surface area contributed by atoms with Gasteiger partial charge in [0.1, 0.15) is 5.69 Å². The van der Waals surface area contributed by atoms with Crippen molar-refractivity contribution in [2.75, 3.05) is 6.54 Å². The summed E-state index contributed by atoms with van der Waals surface area (Å²) in [6, 6.07) is 0.901. The van der Waals surface area contributed by atoms with Gasteiger partial charge in [-0.2, -0.15) is 0 Å². The molecule has 0 aromatic carbocycles. The van der Waals surface area contributed by atoms with Crippen LogP contribution in [0.15, 0.2) is 15.7 Å². The Morgan fingerprint density at radius 1 is 1.33 bits per heavy atom. The Bertz CT molecular complexity index is 472. The summed E-state index contributed by atoms with van der Waals surface area (Å²) < 4.78 is 0. The quantitative estimate of drug-likeness (QED) is 0.432. The number of aromatic amines is 2. The van der Waals surface area contributed by atoms with E-state index in [4.69, 9.17) is 5.73 Å². The molecular weight excluding hydrogens is 204 g/mol. The van der Waals surface area contributed by atoms with Crippen molar-refractivity contribution in [2.45, 2.75) is 0 Å². The number of rotatable bonds is 3. The van der Waals surface area contributed by atoms with Gasteiger partial charge in [-0.05, 0) is 0 Å². The first kappa shape index (κ1) is 10.7. The van der Waals surface area contributed by atoms with Crippen molar-refractivity contribution in [3.63, 3.8) is 0 Å². The maximum absolute atomic E-state index is 11.2. The van der Waals surface area contributed by atoms with Crippen LogP contribution in [0.5, 0.6) is 0 Å². The van der Waals surface area contributed by atoms with Gasteiger partial charge in [-0.25, -0.2) is 4.79 Å². The zero-order valence-electron chi connectivity index (χ0n) is 7.49. The van der Waals surface area contributed by atoms with Gasteiger partial charge in [-0.1, -0.05) is 0 Å². The fourth-order valence-corrected chi connectivity index (χ4v) is 0.854. The number of carbonyl (C=O) groups excluding carboxylic acids is 2. The van der Waals surface area contributed by atoms with Crippen molar-refractivity contribution in [2.24, 2.45) is 5.73 Å². The predicted molar refractivity (Wildman–Crippen MR) is 49.2 cm³/mol. The molecule has 0 bridgehead atoms. The lowest BCUT2D eigenvalue weighted by Gasteiger charge is -2.00. The minimum atomic E-state index is -0.799. The summed E-state index contributed by atoms with van der Waals surface area (Å²) in [5.74, 6) is -1.48. The van der Waals surface area contributed by atoms with Crippen molar-refractivity contribution < 1.29 is 9.59 Å².